The van der Waals surface area contributed by atoms with Gasteiger partial charge >= 0.3 is 0 Å². The fraction of sp³-hybridized carbons (Fsp3) is 0.333. The molecule has 2 aromatic rings. The first-order chi connectivity index (χ1) is 17.9. The summed E-state index contributed by atoms with van der Waals surface area (Å²) in [7, 11) is -1.78. The molecule has 4 heteroatoms. The van der Waals surface area contributed by atoms with E-state index in [4.69, 9.17) is 8.92 Å². The zero-order valence-corrected chi connectivity index (χ0v) is 23.6. The van der Waals surface area contributed by atoms with E-state index in [9.17, 15) is 0 Å². The summed E-state index contributed by atoms with van der Waals surface area (Å²) in [6.07, 6.45) is 16.2. The van der Waals surface area contributed by atoms with Crippen LogP contribution in [0.3, 0.4) is 0 Å². The maximum absolute atomic E-state index is 6.87. The van der Waals surface area contributed by atoms with Crippen LogP contribution in [0.5, 0.6) is 5.75 Å². The number of benzene rings is 2. The minimum atomic E-state index is -1.78. The van der Waals surface area contributed by atoms with E-state index in [2.05, 4.69) is 112 Å². The maximum atomic E-state index is 6.87. The van der Waals surface area contributed by atoms with Crippen LogP contribution in [0.1, 0.15) is 45.6 Å². The molecule has 2 aromatic carbocycles. The SMILES string of the molecule is C=C/C=C(\C=C)S(OCCCNCCc1cccc(OC2=CCCC=C2)c1)(c1ccccc1)C(C)(C)C. The molecule has 1 N–H and O–H groups in total. The lowest BCUT2D eigenvalue weighted by Crippen LogP contribution is -2.29. The molecule has 3 rings (SSSR count). The molecule has 1 aliphatic carbocycles. The molecule has 0 bridgehead atoms. The monoisotopic (exact) mass is 517 g/mol. The molecule has 0 aliphatic heterocycles. The Bertz CT molecular complexity index is 1110. The van der Waals surface area contributed by atoms with Gasteiger partial charge in [0.25, 0.3) is 0 Å². The van der Waals surface area contributed by atoms with Gasteiger partial charge in [-0.05, 0) is 108 Å². The van der Waals surface area contributed by atoms with E-state index >= 15 is 0 Å². The summed E-state index contributed by atoms with van der Waals surface area (Å²) in [4.78, 5) is 2.32. The van der Waals surface area contributed by atoms with Crippen molar-refractivity contribution in [1.82, 2.24) is 5.32 Å². The van der Waals surface area contributed by atoms with E-state index in [0.29, 0.717) is 6.61 Å². The predicted octanol–water partition coefficient (Wildman–Crippen LogP) is 8.67. The molecular formula is C33H43NO2S. The normalized spacial score (nSPS) is 16.4. The van der Waals surface area contributed by atoms with E-state index in [-0.39, 0.29) is 4.75 Å². The maximum Gasteiger partial charge on any atom is 0.127 e. The Morgan fingerprint density at radius 2 is 1.84 bits per heavy atom. The van der Waals surface area contributed by atoms with Gasteiger partial charge in [-0.3, -0.25) is 0 Å². The van der Waals surface area contributed by atoms with Crippen molar-refractivity contribution in [2.45, 2.75) is 56.1 Å². The third kappa shape index (κ3) is 7.85. The van der Waals surface area contributed by atoms with Gasteiger partial charge in [-0.1, -0.05) is 72.0 Å². The average Bonchev–Trinajstić information content (AvgIpc) is 2.90. The minimum absolute atomic E-state index is 0.110. The van der Waals surface area contributed by atoms with Crippen LogP contribution in [0.4, 0.5) is 0 Å². The Morgan fingerprint density at radius 1 is 1.03 bits per heavy atom. The fourth-order valence-electron chi connectivity index (χ4n) is 4.47. The second-order valence-corrected chi connectivity index (χ2v) is 13.5. The summed E-state index contributed by atoms with van der Waals surface area (Å²) in [5, 5.41) is 3.58. The Labute approximate surface area is 226 Å². The smallest absolute Gasteiger partial charge is 0.127 e. The van der Waals surface area contributed by atoms with Gasteiger partial charge in [0.15, 0.2) is 0 Å². The third-order valence-electron chi connectivity index (χ3n) is 6.20. The first-order valence-electron chi connectivity index (χ1n) is 13.2. The van der Waals surface area contributed by atoms with Gasteiger partial charge in [0.2, 0.25) is 0 Å². The number of hydrogen-bond donors (Lipinski definition) is 1. The Balaban J connectivity index is 1.54. The largest absolute Gasteiger partial charge is 0.458 e. The van der Waals surface area contributed by atoms with Crippen LogP contribution >= 0.6 is 10.3 Å². The molecule has 0 heterocycles. The highest BCUT2D eigenvalue weighted by atomic mass is 32.3. The van der Waals surface area contributed by atoms with E-state index in [1.165, 1.54) is 10.5 Å². The van der Waals surface area contributed by atoms with Crippen LogP contribution < -0.4 is 10.1 Å². The molecule has 37 heavy (non-hydrogen) atoms. The molecule has 1 aliphatic rings. The zero-order valence-electron chi connectivity index (χ0n) is 22.7. The summed E-state index contributed by atoms with van der Waals surface area (Å²) >= 11 is 0. The molecule has 0 amide bonds. The molecule has 0 aromatic heterocycles. The van der Waals surface area contributed by atoms with Crippen LogP contribution in [0.15, 0.2) is 120 Å². The molecule has 1 atom stereocenters. The van der Waals surface area contributed by atoms with Gasteiger partial charge < -0.3 is 14.2 Å². The van der Waals surface area contributed by atoms with Crippen LogP contribution in [-0.4, -0.2) is 24.4 Å². The van der Waals surface area contributed by atoms with Crippen LogP contribution in [0.2, 0.25) is 0 Å². The summed E-state index contributed by atoms with van der Waals surface area (Å²) in [6, 6.07) is 19.0. The third-order valence-corrected chi connectivity index (χ3v) is 10.3. The van der Waals surface area contributed by atoms with Crippen molar-refractivity contribution >= 4 is 10.3 Å². The number of ether oxygens (including phenoxy) is 1. The minimum Gasteiger partial charge on any atom is -0.458 e. The summed E-state index contributed by atoms with van der Waals surface area (Å²) in [5.41, 5.74) is 1.27. The van der Waals surface area contributed by atoms with Crippen molar-refractivity contribution in [2.75, 3.05) is 19.7 Å². The highest BCUT2D eigenvalue weighted by molar-refractivity contribution is 8.34. The molecule has 0 fully saturated rings. The second-order valence-electron chi connectivity index (χ2n) is 10.0. The molecule has 0 radical (unpaired) electrons. The molecule has 198 valence electrons. The van der Waals surface area contributed by atoms with Crippen molar-refractivity contribution in [1.29, 1.82) is 0 Å². The summed E-state index contributed by atoms with van der Waals surface area (Å²) in [6.45, 7) is 17.3. The van der Waals surface area contributed by atoms with E-state index in [0.717, 1.165) is 55.2 Å². The molecule has 0 spiro atoms. The summed E-state index contributed by atoms with van der Waals surface area (Å²) < 4.78 is 12.8. The Hall–Kier alpha value is -2.79. The van der Waals surface area contributed by atoms with Gasteiger partial charge in [0, 0.05) is 14.5 Å². The molecule has 0 saturated carbocycles. The Morgan fingerprint density at radius 3 is 2.51 bits per heavy atom. The fourth-order valence-corrected chi connectivity index (χ4v) is 8.21. The lowest BCUT2D eigenvalue weighted by molar-refractivity contribution is 0.336. The zero-order chi connectivity index (χ0) is 26.6. The van der Waals surface area contributed by atoms with Gasteiger partial charge in [-0.25, -0.2) is 0 Å². The summed E-state index contributed by atoms with van der Waals surface area (Å²) in [5.74, 6) is 1.84. The standard InChI is InChI=1S/C33H43NO2S/c1-6-16-31(7-2)37(33(3,4)5,32-21-12-9-13-22-32)35-26-15-24-34-25-23-28-17-14-20-30(27-28)36-29-18-10-8-11-19-29/h6-7,9-10,12-14,16-22,27,34H,1-2,8,11,15,23-26H2,3-5H3/b31-16+. The predicted molar refractivity (Wildman–Crippen MR) is 161 cm³/mol. The van der Waals surface area contributed by atoms with E-state index < -0.39 is 10.3 Å². The van der Waals surface area contributed by atoms with Crippen molar-refractivity contribution in [3.63, 3.8) is 0 Å². The van der Waals surface area contributed by atoms with Gasteiger partial charge in [0.05, 0.1) is 6.61 Å². The van der Waals surface area contributed by atoms with Crippen LogP contribution in [-0.2, 0) is 10.6 Å². The van der Waals surface area contributed by atoms with E-state index in [1.807, 2.05) is 18.2 Å². The molecule has 0 saturated heterocycles. The average molecular weight is 518 g/mol. The number of nitrogens with one attached hydrogen (secondary N) is 1. The highest BCUT2D eigenvalue weighted by Crippen LogP contribution is 2.71. The van der Waals surface area contributed by atoms with Gasteiger partial charge in [0.1, 0.15) is 11.5 Å². The lowest BCUT2D eigenvalue weighted by Gasteiger charge is -2.51. The van der Waals surface area contributed by atoms with Crippen molar-refractivity contribution in [3.05, 3.63) is 120 Å². The van der Waals surface area contributed by atoms with Crippen LogP contribution in [0, 0.1) is 0 Å². The van der Waals surface area contributed by atoms with Gasteiger partial charge in [-0.2, -0.15) is 0 Å². The topological polar surface area (TPSA) is 30.5 Å². The quantitative estimate of drug-likeness (QED) is 0.201. The number of rotatable bonds is 14. The second kappa shape index (κ2) is 14.2. The Kier molecular flexibility index (Phi) is 11.1. The van der Waals surface area contributed by atoms with Crippen molar-refractivity contribution in [2.24, 2.45) is 0 Å². The van der Waals surface area contributed by atoms with Crippen molar-refractivity contribution in [3.8, 4) is 5.75 Å². The highest BCUT2D eigenvalue weighted by Gasteiger charge is 2.41. The van der Waals surface area contributed by atoms with Crippen LogP contribution in [0.25, 0.3) is 0 Å². The first kappa shape index (κ1) is 28.8. The molecule has 1 unspecified atom stereocenters. The van der Waals surface area contributed by atoms with Crippen molar-refractivity contribution < 1.29 is 8.92 Å². The van der Waals surface area contributed by atoms with E-state index in [1.54, 1.807) is 0 Å². The molecule has 3 nitrogen and oxygen atoms in total. The number of hydrogen-bond acceptors (Lipinski definition) is 3. The lowest BCUT2D eigenvalue weighted by atomic mass is 10.1. The first-order valence-corrected chi connectivity index (χ1v) is 14.8. The number of allylic oxidation sites excluding steroid dienone is 6. The van der Waals surface area contributed by atoms with Gasteiger partial charge in [-0.15, -0.1) is 0 Å². The molecular weight excluding hydrogens is 474 g/mol.